The zero-order valence-electron chi connectivity index (χ0n) is 2.64. The zero-order chi connectivity index (χ0) is 3.54. The lowest BCUT2D eigenvalue weighted by Gasteiger charge is -1.79. The molecule has 1 N–H and O–H groups in total. The maximum Gasteiger partial charge on any atom is 0.197 e. The predicted molar refractivity (Wildman–Crippen MR) is 17.6 cm³/mol. The molecule has 3 heteroatoms. The van der Waals surface area contributed by atoms with Crippen molar-refractivity contribution in [2.24, 2.45) is 4.99 Å². The Morgan fingerprint density at radius 2 is 3.00 bits per heavy atom. The summed E-state index contributed by atoms with van der Waals surface area (Å²) < 4.78 is 0. The van der Waals surface area contributed by atoms with E-state index < -0.39 is 0 Å². The Labute approximate surface area is 29.6 Å². The van der Waals surface area contributed by atoms with E-state index >= 15 is 0 Å². The fourth-order valence-corrected chi connectivity index (χ4v) is 0.186. The van der Waals surface area contributed by atoms with Gasteiger partial charge in [-0.2, -0.15) is 0 Å². The molecule has 1 aliphatic rings. The summed E-state index contributed by atoms with van der Waals surface area (Å²) in [5.74, 6) is 0. The molecule has 1 aliphatic heterocycles. The highest BCUT2D eigenvalue weighted by Gasteiger charge is 1.82. The van der Waals surface area contributed by atoms with Gasteiger partial charge in [0.25, 0.3) is 0 Å². The van der Waals surface area contributed by atoms with Crippen LogP contribution in [0.25, 0.3) is 0 Å². The molecular weight excluding hydrogens is 68.0 g/mol. The maximum absolute atomic E-state index is 4.40. The summed E-state index contributed by atoms with van der Waals surface area (Å²) in [7, 11) is 0. The SMILES string of the molecule is C1=NCNO1. The van der Waals surface area contributed by atoms with Crippen molar-refractivity contribution < 1.29 is 4.84 Å². The summed E-state index contributed by atoms with van der Waals surface area (Å²) in [5, 5.41) is 0. The van der Waals surface area contributed by atoms with Gasteiger partial charge in [0.05, 0.1) is 0 Å². The molecule has 0 saturated carbocycles. The molecule has 0 aliphatic carbocycles. The molecule has 0 atom stereocenters. The van der Waals surface area contributed by atoms with Gasteiger partial charge < -0.3 is 4.84 Å². The fraction of sp³-hybridized carbons (Fsp3) is 0.500. The summed E-state index contributed by atoms with van der Waals surface area (Å²) in [6.07, 6.45) is 1.38. The Hall–Kier alpha value is -0.570. The molecule has 1 heterocycles. The van der Waals surface area contributed by atoms with Crippen molar-refractivity contribution in [3.63, 3.8) is 0 Å². The van der Waals surface area contributed by atoms with Crippen LogP contribution >= 0.6 is 0 Å². The van der Waals surface area contributed by atoms with E-state index in [1.807, 2.05) is 0 Å². The average Bonchev–Trinajstić information content (AvgIpc) is 1.76. The quantitative estimate of drug-likeness (QED) is 0.419. The van der Waals surface area contributed by atoms with Crippen LogP contribution in [0.5, 0.6) is 0 Å². The molecular formula is C2H4N2O. The maximum atomic E-state index is 4.40. The van der Waals surface area contributed by atoms with Crippen molar-refractivity contribution in [3.05, 3.63) is 0 Å². The van der Waals surface area contributed by atoms with Crippen molar-refractivity contribution in [2.75, 3.05) is 6.67 Å². The fourth-order valence-electron chi connectivity index (χ4n) is 0.186. The first-order chi connectivity index (χ1) is 2.50. The second-order valence-electron chi connectivity index (χ2n) is 0.708. The monoisotopic (exact) mass is 72.0 g/mol. The Morgan fingerprint density at radius 1 is 2.00 bits per heavy atom. The molecule has 0 unspecified atom stereocenters. The Morgan fingerprint density at radius 3 is 3.20 bits per heavy atom. The molecule has 0 amide bonds. The van der Waals surface area contributed by atoms with Crippen LogP contribution < -0.4 is 5.48 Å². The van der Waals surface area contributed by atoms with Gasteiger partial charge in [-0.3, -0.25) is 0 Å². The lowest BCUT2D eigenvalue weighted by molar-refractivity contribution is 0.225. The van der Waals surface area contributed by atoms with Crippen molar-refractivity contribution in [2.45, 2.75) is 0 Å². The van der Waals surface area contributed by atoms with E-state index in [9.17, 15) is 0 Å². The van der Waals surface area contributed by atoms with Gasteiger partial charge in [-0.15, -0.1) is 5.48 Å². The second-order valence-corrected chi connectivity index (χ2v) is 0.708. The van der Waals surface area contributed by atoms with E-state index in [0.29, 0.717) is 6.67 Å². The average molecular weight is 72.1 g/mol. The minimum atomic E-state index is 0.597. The first kappa shape index (κ1) is 2.66. The lowest BCUT2D eigenvalue weighted by Crippen LogP contribution is -2.03. The number of rotatable bonds is 0. The number of hydrogen-bond donors (Lipinski definition) is 1. The highest BCUT2D eigenvalue weighted by molar-refractivity contribution is 5.46. The highest BCUT2D eigenvalue weighted by Crippen LogP contribution is 1.69. The summed E-state index contributed by atoms with van der Waals surface area (Å²) in [5.41, 5.74) is 2.50. The molecule has 0 aromatic carbocycles. The summed E-state index contributed by atoms with van der Waals surface area (Å²) in [6, 6.07) is 0. The zero-order valence-corrected chi connectivity index (χ0v) is 2.64. The van der Waals surface area contributed by atoms with E-state index in [0.717, 1.165) is 0 Å². The molecule has 1 rings (SSSR count). The number of hydroxylamine groups is 1. The molecule has 0 aromatic rings. The van der Waals surface area contributed by atoms with E-state index in [2.05, 4.69) is 15.3 Å². The van der Waals surface area contributed by atoms with Gasteiger partial charge >= 0.3 is 0 Å². The molecule has 3 nitrogen and oxygen atoms in total. The Kier molecular flexibility index (Phi) is 0.548. The number of hydrogen-bond acceptors (Lipinski definition) is 3. The number of aliphatic imine (C=N–C) groups is 1. The lowest BCUT2D eigenvalue weighted by atomic mass is 11.2. The largest absolute Gasteiger partial charge is 0.395 e. The molecule has 28 valence electrons. The summed E-state index contributed by atoms with van der Waals surface area (Å²) >= 11 is 0. The third kappa shape index (κ3) is 0.357. The van der Waals surface area contributed by atoms with Crippen molar-refractivity contribution in [1.29, 1.82) is 0 Å². The summed E-state index contributed by atoms with van der Waals surface area (Å²) in [4.78, 5) is 8.03. The third-order valence-corrected chi connectivity index (χ3v) is 0.366. The van der Waals surface area contributed by atoms with Crippen LogP contribution in [0.4, 0.5) is 0 Å². The second kappa shape index (κ2) is 1.03. The van der Waals surface area contributed by atoms with E-state index in [1.54, 1.807) is 0 Å². The van der Waals surface area contributed by atoms with Crippen molar-refractivity contribution in [1.82, 2.24) is 5.48 Å². The smallest absolute Gasteiger partial charge is 0.197 e. The van der Waals surface area contributed by atoms with Crippen molar-refractivity contribution in [3.8, 4) is 0 Å². The van der Waals surface area contributed by atoms with Crippen LogP contribution in [0.2, 0.25) is 0 Å². The van der Waals surface area contributed by atoms with Gasteiger partial charge in [-0.25, -0.2) is 4.99 Å². The van der Waals surface area contributed by atoms with Crippen LogP contribution in [0.3, 0.4) is 0 Å². The Bertz CT molecular complexity index is 45.6. The molecule has 0 bridgehead atoms. The molecule has 0 saturated heterocycles. The van der Waals surface area contributed by atoms with Crippen molar-refractivity contribution >= 4 is 6.40 Å². The third-order valence-electron chi connectivity index (χ3n) is 0.366. The van der Waals surface area contributed by atoms with Gasteiger partial charge in [0, 0.05) is 0 Å². The predicted octanol–water partition coefficient (Wildman–Crippen LogP) is -0.493. The standard InChI is InChI=1S/C2H4N2O/c1-3-2-5-4-1/h2,4H,1H2. The van der Waals surface area contributed by atoms with E-state index in [1.165, 1.54) is 6.40 Å². The topological polar surface area (TPSA) is 33.6 Å². The van der Waals surface area contributed by atoms with Gasteiger partial charge in [-0.05, 0) is 0 Å². The van der Waals surface area contributed by atoms with Crippen LogP contribution in [-0.4, -0.2) is 13.1 Å². The first-order valence-electron chi connectivity index (χ1n) is 1.37. The minimum Gasteiger partial charge on any atom is -0.395 e. The molecule has 5 heavy (non-hydrogen) atoms. The van der Waals surface area contributed by atoms with Gasteiger partial charge in [0.1, 0.15) is 6.67 Å². The number of nitrogens with one attached hydrogen (secondary N) is 1. The van der Waals surface area contributed by atoms with Gasteiger partial charge in [-0.1, -0.05) is 0 Å². The normalized spacial score (nSPS) is 19.2. The van der Waals surface area contributed by atoms with E-state index in [4.69, 9.17) is 0 Å². The van der Waals surface area contributed by atoms with Gasteiger partial charge in [0.2, 0.25) is 0 Å². The highest BCUT2D eigenvalue weighted by atomic mass is 16.7. The molecule has 0 fully saturated rings. The van der Waals surface area contributed by atoms with Crippen LogP contribution in [0.1, 0.15) is 0 Å². The molecule has 0 spiro atoms. The van der Waals surface area contributed by atoms with Crippen LogP contribution in [0.15, 0.2) is 4.99 Å². The first-order valence-corrected chi connectivity index (χ1v) is 1.37. The van der Waals surface area contributed by atoms with Crippen LogP contribution in [0, 0.1) is 0 Å². The molecule has 0 aromatic heterocycles. The summed E-state index contributed by atoms with van der Waals surface area (Å²) in [6.45, 7) is 0.597. The van der Waals surface area contributed by atoms with Gasteiger partial charge in [0.15, 0.2) is 6.40 Å². The van der Waals surface area contributed by atoms with E-state index in [-0.39, 0.29) is 0 Å². The minimum absolute atomic E-state index is 0.597. The number of nitrogens with zero attached hydrogens (tertiary/aromatic N) is 1. The molecule has 0 radical (unpaired) electrons. The Balaban J connectivity index is 2.32. The van der Waals surface area contributed by atoms with Crippen LogP contribution in [-0.2, 0) is 4.84 Å².